The van der Waals surface area contributed by atoms with Crippen molar-refractivity contribution in [2.45, 2.75) is 51.6 Å². The van der Waals surface area contributed by atoms with Gasteiger partial charge < -0.3 is 10.2 Å². The molecule has 114 valence electrons. The third kappa shape index (κ3) is 4.06. The molecule has 0 radical (unpaired) electrons. The summed E-state index contributed by atoms with van der Waals surface area (Å²) in [5.74, 6) is 0.0247. The lowest BCUT2D eigenvalue weighted by Gasteiger charge is -2.36. The van der Waals surface area contributed by atoms with E-state index in [2.05, 4.69) is 17.4 Å². The third-order valence-electron chi connectivity index (χ3n) is 4.03. The normalized spacial score (nSPS) is 20.3. The molecule has 4 heteroatoms. The van der Waals surface area contributed by atoms with E-state index in [0.29, 0.717) is 6.42 Å². The minimum absolute atomic E-state index is 0.0420. The minimum Gasteiger partial charge on any atom is -0.343 e. The van der Waals surface area contributed by atoms with Crippen LogP contribution < -0.4 is 5.32 Å². The van der Waals surface area contributed by atoms with E-state index in [1.165, 1.54) is 5.56 Å². The summed E-state index contributed by atoms with van der Waals surface area (Å²) in [4.78, 5) is 25.9. The summed E-state index contributed by atoms with van der Waals surface area (Å²) >= 11 is 0. The highest BCUT2D eigenvalue weighted by Crippen LogP contribution is 2.15. The van der Waals surface area contributed by atoms with Crippen molar-refractivity contribution in [1.29, 1.82) is 0 Å². The van der Waals surface area contributed by atoms with Crippen molar-refractivity contribution in [1.82, 2.24) is 10.2 Å². The Kier molecular flexibility index (Phi) is 5.37. The minimum atomic E-state index is -0.338. The molecule has 0 aromatic heterocycles. The van der Waals surface area contributed by atoms with Crippen molar-refractivity contribution < 1.29 is 9.59 Å². The standard InChI is InChI=1S/C17H24N2O2/c1-3-7-15-17(21)19(12-16(20)18-15)13(2)10-11-14-8-5-4-6-9-14/h4-6,8-9,13,15H,3,7,10-12H2,1-2H3,(H,18,20). The van der Waals surface area contributed by atoms with Gasteiger partial charge in [-0.1, -0.05) is 43.7 Å². The third-order valence-corrected chi connectivity index (χ3v) is 4.03. The average Bonchev–Trinajstić information content (AvgIpc) is 2.49. The fourth-order valence-corrected chi connectivity index (χ4v) is 2.77. The number of benzene rings is 1. The maximum atomic E-state index is 12.4. The van der Waals surface area contributed by atoms with E-state index in [1.54, 1.807) is 4.90 Å². The second-order valence-electron chi connectivity index (χ2n) is 5.75. The van der Waals surface area contributed by atoms with Crippen LogP contribution in [0.3, 0.4) is 0 Å². The van der Waals surface area contributed by atoms with Crippen LogP contribution in [0.4, 0.5) is 0 Å². The fraction of sp³-hybridized carbons (Fsp3) is 0.529. The van der Waals surface area contributed by atoms with E-state index in [1.807, 2.05) is 32.0 Å². The van der Waals surface area contributed by atoms with Gasteiger partial charge in [-0.3, -0.25) is 9.59 Å². The summed E-state index contributed by atoms with van der Waals surface area (Å²) < 4.78 is 0. The SMILES string of the molecule is CCCC1NC(=O)CN(C(C)CCc2ccccc2)C1=O. The van der Waals surface area contributed by atoms with Gasteiger partial charge in [-0.25, -0.2) is 0 Å². The second kappa shape index (κ2) is 7.25. The van der Waals surface area contributed by atoms with Gasteiger partial charge in [0.05, 0.1) is 6.54 Å². The van der Waals surface area contributed by atoms with Crippen LogP contribution in [-0.2, 0) is 16.0 Å². The number of piperazine rings is 1. The van der Waals surface area contributed by atoms with E-state index < -0.39 is 0 Å². The number of carbonyl (C=O) groups is 2. The number of nitrogens with zero attached hydrogens (tertiary/aromatic N) is 1. The molecule has 1 N–H and O–H groups in total. The molecule has 1 aliphatic heterocycles. The molecule has 2 amide bonds. The summed E-state index contributed by atoms with van der Waals surface area (Å²) in [7, 11) is 0. The van der Waals surface area contributed by atoms with Crippen molar-refractivity contribution in [2.24, 2.45) is 0 Å². The largest absolute Gasteiger partial charge is 0.343 e. The van der Waals surface area contributed by atoms with Crippen LogP contribution in [0.25, 0.3) is 0 Å². The van der Waals surface area contributed by atoms with Gasteiger partial charge in [0.2, 0.25) is 11.8 Å². The Morgan fingerprint density at radius 3 is 2.67 bits per heavy atom. The number of rotatable bonds is 6. The van der Waals surface area contributed by atoms with Gasteiger partial charge >= 0.3 is 0 Å². The summed E-state index contributed by atoms with van der Waals surface area (Å²) in [6.07, 6.45) is 3.41. The quantitative estimate of drug-likeness (QED) is 0.872. The Morgan fingerprint density at radius 2 is 2.00 bits per heavy atom. The summed E-state index contributed by atoms with van der Waals surface area (Å²) in [5, 5.41) is 2.80. The Bertz CT molecular complexity index is 487. The predicted molar refractivity (Wildman–Crippen MR) is 82.8 cm³/mol. The Balaban J connectivity index is 1.95. The molecule has 0 saturated carbocycles. The molecule has 21 heavy (non-hydrogen) atoms. The molecule has 2 rings (SSSR count). The Hall–Kier alpha value is -1.84. The first-order valence-corrected chi connectivity index (χ1v) is 7.75. The van der Waals surface area contributed by atoms with Gasteiger partial charge in [0, 0.05) is 6.04 Å². The molecular weight excluding hydrogens is 264 g/mol. The van der Waals surface area contributed by atoms with Gasteiger partial charge in [-0.15, -0.1) is 0 Å². The highest BCUT2D eigenvalue weighted by molar-refractivity contribution is 5.94. The van der Waals surface area contributed by atoms with E-state index in [0.717, 1.165) is 19.3 Å². The van der Waals surface area contributed by atoms with Crippen molar-refractivity contribution in [3.05, 3.63) is 35.9 Å². The van der Waals surface area contributed by atoms with Crippen LogP contribution in [0.5, 0.6) is 0 Å². The van der Waals surface area contributed by atoms with E-state index in [4.69, 9.17) is 0 Å². The van der Waals surface area contributed by atoms with Crippen molar-refractivity contribution in [3.63, 3.8) is 0 Å². The molecule has 2 atom stereocenters. The molecular formula is C17H24N2O2. The Labute approximate surface area is 126 Å². The molecule has 0 bridgehead atoms. The van der Waals surface area contributed by atoms with Gasteiger partial charge in [-0.05, 0) is 31.7 Å². The maximum Gasteiger partial charge on any atom is 0.245 e. The molecule has 1 aromatic carbocycles. The van der Waals surface area contributed by atoms with Gasteiger partial charge in [-0.2, -0.15) is 0 Å². The molecule has 1 fully saturated rings. The lowest BCUT2D eigenvalue weighted by Crippen LogP contribution is -2.60. The first-order chi connectivity index (χ1) is 10.1. The zero-order valence-electron chi connectivity index (χ0n) is 12.8. The number of aryl methyl sites for hydroxylation is 1. The second-order valence-corrected chi connectivity index (χ2v) is 5.75. The van der Waals surface area contributed by atoms with Crippen LogP contribution in [0.15, 0.2) is 30.3 Å². The van der Waals surface area contributed by atoms with E-state index in [9.17, 15) is 9.59 Å². The summed E-state index contributed by atoms with van der Waals surface area (Å²) in [6, 6.07) is 9.99. The monoisotopic (exact) mass is 288 g/mol. The van der Waals surface area contributed by atoms with Crippen molar-refractivity contribution >= 4 is 11.8 Å². The fourth-order valence-electron chi connectivity index (χ4n) is 2.77. The van der Waals surface area contributed by atoms with Gasteiger partial charge in [0.15, 0.2) is 0 Å². The van der Waals surface area contributed by atoms with Gasteiger partial charge in [0.1, 0.15) is 6.04 Å². The van der Waals surface area contributed by atoms with E-state index in [-0.39, 0.29) is 30.4 Å². The molecule has 2 unspecified atom stereocenters. The first kappa shape index (κ1) is 15.5. The van der Waals surface area contributed by atoms with Gasteiger partial charge in [0.25, 0.3) is 0 Å². The molecule has 1 aromatic rings. The molecule has 1 heterocycles. The molecule has 1 aliphatic rings. The molecule has 0 aliphatic carbocycles. The Morgan fingerprint density at radius 1 is 1.29 bits per heavy atom. The van der Waals surface area contributed by atoms with Crippen LogP contribution >= 0.6 is 0 Å². The average molecular weight is 288 g/mol. The van der Waals surface area contributed by atoms with E-state index >= 15 is 0 Å². The van der Waals surface area contributed by atoms with Crippen molar-refractivity contribution in [3.8, 4) is 0 Å². The number of nitrogens with one attached hydrogen (secondary N) is 1. The molecule has 1 saturated heterocycles. The van der Waals surface area contributed by atoms with Crippen LogP contribution in [0.1, 0.15) is 38.7 Å². The lowest BCUT2D eigenvalue weighted by atomic mass is 10.0. The highest BCUT2D eigenvalue weighted by Gasteiger charge is 2.34. The summed E-state index contributed by atoms with van der Waals surface area (Å²) in [6.45, 7) is 4.24. The maximum absolute atomic E-state index is 12.4. The van der Waals surface area contributed by atoms with Crippen LogP contribution in [0.2, 0.25) is 0 Å². The number of hydrogen-bond acceptors (Lipinski definition) is 2. The van der Waals surface area contributed by atoms with Crippen LogP contribution in [-0.4, -0.2) is 35.3 Å². The smallest absolute Gasteiger partial charge is 0.245 e. The highest BCUT2D eigenvalue weighted by atomic mass is 16.2. The topological polar surface area (TPSA) is 49.4 Å². The van der Waals surface area contributed by atoms with Crippen LogP contribution in [0, 0.1) is 0 Å². The molecule has 4 nitrogen and oxygen atoms in total. The zero-order chi connectivity index (χ0) is 15.2. The predicted octanol–water partition coefficient (Wildman–Crippen LogP) is 2.13. The number of carbonyl (C=O) groups excluding carboxylic acids is 2. The first-order valence-electron chi connectivity index (χ1n) is 7.75. The summed E-state index contributed by atoms with van der Waals surface area (Å²) in [5.41, 5.74) is 1.27. The lowest BCUT2D eigenvalue weighted by molar-refractivity contribution is -0.146. The number of amides is 2. The van der Waals surface area contributed by atoms with Crippen molar-refractivity contribution in [2.75, 3.05) is 6.54 Å². The zero-order valence-corrected chi connectivity index (χ0v) is 12.8. The number of hydrogen-bond donors (Lipinski definition) is 1. The molecule has 0 spiro atoms.